The van der Waals surface area contributed by atoms with Gasteiger partial charge in [0.15, 0.2) is 16.9 Å². The van der Waals surface area contributed by atoms with Crippen LogP contribution in [0.5, 0.6) is 0 Å². The summed E-state index contributed by atoms with van der Waals surface area (Å²) in [7, 11) is 1.44. The minimum atomic E-state index is -2.72. The number of likely N-dealkylation sites (N-methyl/N-ethyl adjacent to an activating group) is 1. The number of carbonyl (C=O) groups excluding carboxylic acids is 2. The number of rotatable bonds is 4. The normalized spacial score (nSPS) is 19.4. The molecule has 32 heavy (non-hydrogen) atoms. The van der Waals surface area contributed by atoms with E-state index in [4.69, 9.17) is 5.26 Å². The summed E-state index contributed by atoms with van der Waals surface area (Å²) in [5.41, 5.74) is 1.03. The molecule has 164 valence electrons. The summed E-state index contributed by atoms with van der Waals surface area (Å²) in [5.74, 6) is -0.238. The monoisotopic (exact) mass is 457 g/mol. The Morgan fingerprint density at radius 3 is 2.59 bits per heavy atom. The SMILES string of the molecule is CN1C(=O)N(c2cccc(C(F)F)c2)C2=C(C(=O)CC2)C1c1ccc(C#N)cc1S(=O)O. The van der Waals surface area contributed by atoms with E-state index < -0.39 is 29.6 Å². The van der Waals surface area contributed by atoms with E-state index in [1.807, 2.05) is 6.07 Å². The van der Waals surface area contributed by atoms with Crippen molar-refractivity contribution in [3.63, 3.8) is 0 Å². The van der Waals surface area contributed by atoms with Crippen molar-refractivity contribution in [1.82, 2.24) is 4.90 Å². The van der Waals surface area contributed by atoms with Crippen molar-refractivity contribution in [2.75, 3.05) is 11.9 Å². The average Bonchev–Trinajstić information content (AvgIpc) is 3.15. The standard InChI is InChI=1S/C22H17F2N3O4S/c1-26-20(15-6-5-12(11-25)9-18(15)32(30)31)19-16(7-8-17(19)28)27(22(26)29)14-4-2-3-13(10-14)21(23)24/h2-6,9-10,20-21H,7-8H2,1H3,(H,30,31). The molecule has 0 saturated carbocycles. The molecule has 2 aliphatic rings. The molecule has 1 aliphatic carbocycles. The van der Waals surface area contributed by atoms with Crippen LogP contribution < -0.4 is 4.90 Å². The van der Waals surface area contributed by atoms with Crippen molar-refractivity contribution < 1.29 is 27.1 Å². The molecule has 0 aromatic heterocycles. The van der Waals surface area contributed by atoms with Crippen LogP contribution in [0.15, 0.2) is 58.6 Å². The number of Topliss-reactive ketones (excluding diaryl/α,β-unsaturated/α-hetero) is 1. The number of allylic oxidation sites excluding steroid dienone is 1. The third-order valence-electron chi connectivity index (χ3n) is 5.63. The molecule has 1 aliphatic heterocycles. The Bertz CT molecular complexity index is 1240. The molecule has 4 rings (SSSR count). The molecule has 2 aromatic rings. The molecule has 2 aromatic carbocycles. The summed E-state index contributed by atoms with van der Waals surface area (Å²) in [6.45, 7) is 0. The number of nitrogens with zero attached hydrogens (tertiary/aromatic N) is 3. The summed E-state index contributed by atoms with van der Waals surface area (Å²) in [6.07, 6.45) is -2.36. The topological polar surface area (TPSA) is 102 Å². The zero-order valence-corrected chi connectivity index (χ0v) is 17.6. The summed E-state index contributed by atoms with van der Waals surface area (Å²) < 4.78 is 48.3. The summed E-state index contributed by atoms with van der Waals surface area (Å²) >= 11 is -2.47. The van der Waals surface area contributed by atoms with Crippen LogP contribution in [0.1, 0.15) is 42.0 Å². The Hall–Kier alpha value is -3.42. The number of halogens is 2. The van der Waals surface area contributed by atoms with Crippen LogP contribution in [0.25, 0.3) is 0 Å². The number of amides is 2. The molecule has 2 amide bonds. The second-order valence-corrected chi connectivity index (χ2v) is 8.36. The van der Waals surface area contributed by atoms with Gasteiger partial charge in [0.2, 0.25) is 0 Å². The van der Waals surface area contributed by atoms with Crippen molar-refractivity contribution in [2.45, 2.75) is 30.2 Å². The molecule has 0 fully saturated rings. The Morgan fingerprint density at radius 2 is 1.94 bits per heavy atom. The lowest BCUT2D eigenvalue weighted by Crippen LogP contribution is -2.48. The highest BCUT2D eigenvalue weighted by Gasteiger charge is 2.45. The zero-order chi connectivity index (χ0) is 23.2. The maximum absolute atomic E-state index is 13.4. The average molecular weight is 457 g/mol. The number of alkyl halides is 2. The molecule has 10 heteroatoms. The van der Waals surface area contributed by atoms with Crippen molar-refractivity contribution >= 4 is 28.6 Å². The minimum Gasteiger partial charge on any atom is -0.316 e. The molecule has 2 unspecified atom stereocenters. The van der Waals surface area contributed by atoms with Gasteiger partial charge in [-0.2, -0.15) is 5.26 Å². The molecular weight excluding hydrogens is 440 g/mol. The third kappa shape index (κ3) is 3.49. The van der Waals surface area contributed by atoms with Crippen molar-refractivity contribution in [3.05, 3.63) is 70.4 Å². The fourth-order valence-electron chi connectivity index (χ4n) is 4.19. The van der Waals surface area contributed by atoms with Gasteiger partial charge in [0.25, 0.3) is 6.43 Å². The van der Waals surface area contributed by atoms with Gasteiger partial charge in [-0.15, -0.1) is 0 Å². The summed E-state index contributed by atoms with van der Waals surface area (Å²) in [5, 5.41) is 9.13. The van der Waals surface area contributed by atoms with Gasteiger partial charge in [-0.05, 0) is 36.2 Å². The van der Waals surface area contributed by atoms with Gasteiger partial charge < -0.3 is 9.45 Å². The Morgan fingerprint density at radius 1 is 1.19 bits per heavy atom. The lowest BCUT2D eigenvalue weighted by atomic mass is 9.92. The van der Waals surface area contributed by atoms with Gasteiger partial charge in [0.05, 0.1) is 28.3 Å². The largest absolute Gasteiger partial charge is 0.329 e. The van der Waals surface area contributed by atoms with Crippen LogP contribution in [0.4, 0.5) is 19.3 Å². The second kappa shape index (κ2) is 8.26. The number of anilines is 1. The predicted octanol–water partition coefficient (Wildman–Crippen LogP) is 4.31. The van der Waals surface area contributed by atoms with Crippen molar-refractivity contribution in [1.29, 1.82) is 5.26 Å². The number of nitriles is 1. The molecule has 1 N–H and O–H groups in total. The lowest BCUT2D eigenvalue weighted by Gasteiger charge is -2.40. The number of urea groups is 1. The smallest absolute Gasteiger partial charge is 0.316 e. The van der Waals surface area contributed by atoms with E-state index in [1.165, 1.54) is 59.3 Å². The summed E-state index contributed by atoms with van der Waals surface area (Å²) in [6, 6.07) is 9.94. The van der Waals surface area contributed by atoms with Crippen molar-refractivity contribution in [2.24, 2.45) is 0 Å². The van der Waals surface area contributed by atoms with Crippen LogP contribution in [-0.4, -0.2) is 32.5 Å². The number of ketones is 1. The van der Waals surface area contributed by atoms with Gasteiger partial charge in [-0.3, -0.25) is 9.69 Å². The molecule has 7 nitrogen and oxygen atoms in total. The molecule has 0 bridgehead atoms. The van der Waals surface area contributed by atoms with E-state index in [-0.39, 0.29) is 51.5 Å². The number of benzene rings is 2. The highest BCUT2D eigenvalue weighted by Crippen LogP contribution is 2.45. The fourth-order valence-corrected chi connectivity index (χ4v) is 4.80. The highest BCUT2D eigenvalue weighted by molar-refractivity contribution is 7.79. The van der Waals surface area contributed by atoms with E-state index in [0.29, 0.717) is 5.70 Å². The lowest BCUT2D eigenvalue weighted by molar-refractivity contribution is -0.115. The van der Waals surface area contributed by atoms with Crippen LogP contribution in [0.2, 0.25) is 0 Å². The van der Waals surface area contributed by atoms with Crippen LogP contribution in [-0.2, 0) is 15.9 Å². The summed E-state index contributed by atoms with van der Waals surface area (Å²) in [4.78, 5) is 28.7. The second-order valence-electron chi connectivity index (χ2n) is 7.42. The maximum Gasteiger partial charge on any atom is 0.329 e. The first-order valence-electron chi connectivity index (χ1n) is 9.60. The predicted molar refractivity (Wildman–Crippen MR) is 111 cm³/mol. The van der Waals surface area contributed by atoms with Crippen LogP contribution in [0.3, 0.4) is 0 Å². The van der Waals surface area contributed by atoms with Gasteiger partial charge in [-0.25, -0.2) is 17.8 Å². The van der Waals surface area contributed by atoms with E-state index in [0.717, 1.165) is 0 Å². The first kappa shape index (κ1) is 21.8. The molecular formula is C22H17F2N3O4S. The molecule has 0 spiro atoms. The Balaban J connectivity index is 1.91. The number of carbonyl (C=O) groups is 2. The third-order valence-corrected chi connectivity index (χ3v) is 6.36. The van der Waals surface area contributed by atoms with Gasteiger partial charge in [0.1, 0.15) is 0 Å². The van der Waals surface area contributed by atoms with Crippen molar-refractivity contribution in [3.8, 4) is 6.07 Å². The minimum absolute atomic E-state index is 0.0756. The Labute approximate surface area is 184 Å². The number of hydrogen-bond acceptors (Lipinski definition) is 4. The number of hydrogen-bond donors (Lipinski definition) is 1. The van der Waals surface area contributed by atoms with Gasteiger partial charge in [-0.1, -0.05) is 18.2 Å². The quantitative estimate of drug-likeness (QED) is 0.690. The molecule has 0 saturated heterocycles. The van der Waals surface area contributed by atoms with Gasteiger partial charge in [0, 0.05) is 30.3 Å². The van der Waals surface area contributed by atoms with E-state index >= 15 is 0 Å². The molecule has 0 radical (unpaired) electrons. The van der Waals surface area contributed by atoms with E-state index in [1.54, 1.807) is 0 Å². The first-order chi connectivity index (χ1) is 15.2. The molecule has 1 heterocycles. The fraction of sp³-hybridized carbons (Fsp3) is 0.227. The van der Waals surface area contributed by atoms with Crippen LogP contribution >= 0.6 is 0 Å². The van der Waals surface area contributed by atoms with Crippen LogP contribution in [0, 0.1) is 11.3 Å². The van der Waals surface area contributed by atoms with E-state index in [2.05, 4.69) is 0 Å². The van der Waals surface area contributed by atoms with E-state index in [9.17, 15) is 27.1 Å². The maximum atomic E-state index is 13.4. The molecule has 2 atom stereocenters. The first-order valence-corrected chi connectivity index (χ1v) is 10.7. The Kier molecular flexibility index (Phi) is 5.62. The van der Waals surface area contributed by atoms with Gasteiger partial charge >= 0.3 is 6.03 Å². The zero-order valence-electron chi connectivity index (χ0n) is 16.8. The highest BCUT2D eigenvalue weighted by atomic mass is 32.2.